The lowest BCUT2D eigenvalue weighted by Crippen LogP contribution is -2.44. The lowest BCUT2D eigenvalue weighted by atomic mass is 9.96. The van der Waals surface area contributed by atoms with Crippen LogP contribution in [0, 0.1) is 11.3 Å². The molecule has 0 fully saturated rings. The number of para-hydroxylation sites is 1. The molecular formula is C20H20N2O3. The topological polar surface area (TPSA) is 62.6 Å². The van der Waals surface area contributed by atoms with Gasteiger partial charge in [0.05, 0.1) is 18.7 Å². The molecule has 1 heterocycles. The van der Waals surface area contributed by atoms with E-state index >= 15 is 0 Å². The number of amides is 1. The van der Waals surface area contributed by atoms with Gasteiger partial charge in [-0.05, 0) is 43.5 Å². The molecule has 1 aliphatic rings. The van der Waals surface area contributed by atoms with E-state index in [1.165, 1.54) is 12.7 Å². The van der Waals surface area contributed by atoms with Gasteiger partial charge in [0.25, 0.3) is 5.91 Å². The molecule has 25 heavy (non-hydrogen) atoms. The maximum Gasteiger partial charge on any atom is 0.265 e. The number of nitriles is 1. The molecule has 1 atom stereocenters. The minimum atomic E-state index is -0.0916. The van der Waals surface area contributed by atoms with Gasteiger partial charge in [0.2, 0.25) is 0 Å². The fraction of sp³-hybridized carbons (Fsp3) is 0.300. The molecule has 5 heteroatoms. The first-order valence-electron chi connectivity index (χ1n) is 8.25. The van der Waals surface area contributed by atoms with Crippen molar-refractivity contribution < 1.29 is 14.3 Å². The second kappa shape index (κ2) is 7.27. The lowest BCUT2D eigenvalue weighted by molar-refractivity contribution is -0.121. The first-order chi connectivity index (χ1) is 12.1. The molecule has 128 valence electrons. The zero-order valence-corrected chi connectivity index (χ0v) is 14.4. The highest BCUT2D eigenvalue weighted by atomic mass is 16.5. The molecule has 0 unspecified atom stereocenters. The number of anilines is 1. The minimum absolute atomic E-state index is 0.0824. The zero-order chi connectivity index (χ0) is 17.8. The van der Waals surface area contributed by atoms with E-state index < -0.39 is 0 Å². The first kappa shape index (κ1) is 16.8. The molecule has 0 bridgehead atoms. The number of hydrogen-bond donors (Lipinski definition) is 0. The van der Waals surface area contributed by atoms with Crippen molar-refractivity contribution in [3.8, 4) is 17.6 Å². The largest absolute Gasteiger partial charge is 0.493 e. The van der Waals surface area contributed by atoms with E-state index in [2.05, 4.69) is 19.1 Å². The molecule has 0 spiro atoms. The van der Waals surface area contributed by atoms with Gasteiger partial charge in [-0.25, -0.2) is 0 Å². The summed E-state index contributed by atoms with van der Waals surface area (Å²) in [5.74, 6) is 0.804. The van der Waals surface area contributed by atoms with Crippen LogP contribution in [0.2, 0.25) is 0 Å². The van der Waals surface area contributed by atoms with Crippen LogP contribution in [-0.2, 0) is 11.2 Å². The van der Waals surface area contributed by atoms with E-state index in [-0.39, 0.29) is 18.6 Å². The van der Waals surface area contributed by atoms with Crippen LogP contribution in [0.5, 0.6) is 11.5 Å². The second-order valence-corrected chi connectivity index (χ2v) is 6.05. The Morgan fingerprint density at radius 3 is 2.84 bits per heavy atom. The molecule has 0 N–H and O–H groups in total. The van der Waals surface area contributed by atoms with Crippen molar-refractivity contribution in [1.82, 2.24) is 0 Å². The Hall–Kier alpha value is -3.00. The summed E-state index contributed by atoms with van der Waals surface area (Å²) in [5, 5.41) is 8.95. The molecule has 5 nitrogen and oxygen atoms in total. The summed E-state index contributed by atoms with van der Waals surface area (Å²) in [6, 6.07) is 15.1. The fourth-order valence-corrected chi connectivity index (χ4v) is 3.13. The Morgan fingerprint density at radius 1 is 1.28 bits per heavy atom. The molecule has 0 aliphatic carbocycles. The summed E-state index contributed by atoms with van der Waals surface area (Å²) in [6.07, 6.45) is 1.91. The number of carbonyl (C=O) groups is 1. The number of benzene rings is 2. The number of nitrogens with zero attached hydrogens (tertiary/aromatic N) is 2. The molecule has 2 aromatic carbocycles. The van der Waals surface area contributed by atoms with Crippen molar-refractivity contribution >= 4 is 11.6 Å². The number of ether oxygens (including phenoxy) is 2. The van der Waals surface area contributed by atoms with Crippen LogP contribution in [0.15, 0.2) is 42.5 Å². The molecule has 3 rings (SSSR count). The van der Waals surface area contributed by atoms with E-state index in [1.54, 1.807) is 18.2 Å². The van der Waals surface area contributed by atoms with Crippen LogP contribution in [-0.4, -0.2) is 25.7 Å². The standard InChI is InChI=1S/C20H20N2O3/c1-14-7-9-16-5-3-4-6-17(16)22(14)20(23)13-25-18-10-8-15(12-21)11-19(18)24-2/h3-6,8,10-11,14H,7,9,13H2,1-2H3/t14-/m1/s1. The van der Waals surface area contributed by atoms with Crippen LogP contribution in [0.4, 0.5) is 5.69 Å². The third kappa shape index (κ3) is 3.43. The van der Waals surface area contributed by atoms with Crippen molar-refractivity contribution in [2.45, 2.75) is 25.8 Å². The quantitative estimate of drug-likeness (QED) is 0.859. The van der Waals surface area contributed by atoms with Gasteiger partial charge < -0.3 is 14.4 Å². The summed E-state index contributed by atoms with van der Waals surface area (Å²) in [7, 11) is 1.51. The van der Waals surface area contributed by atoms with Crippen LogP contribution in [0.1, 0.15) is 24.5 Å². The van der Waals surface area contributed by atoms with Gasteiger partial charge in [-0.3, -0.25) is 4.79 Å². The maximum atomic E-state index is 12.8. The highest BCUT2D eigenvalue weighted by Gasteiger charge is 2.28. The number of aryl methyl sites for hydroxylation is 1. The lowest BCUT2D eigenvalue weighted by Gasteiger charge is -2.35. The maximum absolute atomic E-state index is 12.8. The molecule has 0 saturated heterocycles. The number of methoxy groups -OCH3 is 1. The molecule has 1 amide bonds. The fourth-order valence-electron chi connectivity index (χ4n) is 3.13. The van der Waals surface area contributed by atoms with Gasteiger partial charge in [-0.1, -0.05) is 18.2 Å². The van der Waals surface area contributed by atoms with Gasteiger partial charge >= 0.3 is 0 Å². The molecule has 1 aliphatic heterocycles. The average molecular weight is 336 g/mol. The Balaban J connectivity index is 1.76. The van der Waals surface area contributed by atoms with Crippen LogP contribution < -0.4 is 14.4 Å². The molecule has 2 aromatic rings. The van der Waals surface area contributed by atoms with Crippen LogP contribution in [0.3, 0.4) is 0 Å². The van der Waals surface area contributed by atoms with E-state index in [0.717, 1.165) is 18.5 Å². The number of fused-ring (bicyclic) bond motifs is 1. The molecular weight excluding hydrogens is 316 g/mol. The van der Waals surface area contributed by atoms with Crippen molar-refractivity contribution in [2.75, 3.05) is 18.6 Å². The van der Waals surface area contributed by atoms with Crippen molar-refractivity contribution in [3.63, 3.8) is 0 Å². The van der Waals surface area contributed by atoms with Gasteiger partial charge in [0, 0.05) is 17.8 Å². The summed E-state index contributed by atoms with van der Waals surface area (Å²) < 4.78 is 10.9. The minimum Gasteiger partial charge on any atom is -0.493 e. The van der Waals surface area contributed by atoms with Crippen molar-refractivity contribution in [1.29, 1.82) is 5.26 Å². The number of rotatable bonds is 4. The summed E-state index contributed by atoms with van der Waals surface area (Å²) in [4.78, 5) is 14.6. The first-order valence-corrected chi connectivity index (χ1v) is 8.25. The summed E-state index contributed by atoms with van der Waals surface area (Å²) in [6.45, 7) is 1.97. The van der Waals surface area contributed by atoms with Crippen molar-refractivity contribution in [3.05, 3.63) is 53.6 Å². The third-order valence-electron chi connectivity index (χ3n) is 4.44. The monoisotopic (exact) mass is 336 g/mol. The van der Waals surface area contributed by atoms with Gasteiger partial charge in [-0.15, -0.1) is 0 Å². The van der Waals surface area contributed by atoms with E-state index in [9.17, 15) is 4.79 Å². The van der Waals surface area contributed by atoms with Gasteiger partial charge in [-0.2, -0.15) is 5.26 Å². The average Bonchev–Trinajstić information content (AvgIpc) is 2.65. The summed E-state index contributed by atoms with van der Waals surface area (Å²) in [5.41, 5.74) is 2.63. The van der Waals surface area contributed by atoms with E-state index in [4.69, 9.17) is 14.7 Å². The predicted octanol–water partition coefficient (Wildman–Crippen LogP) is 3.31. The Morgan fingerprint density at radius 2 is 2.08 bits per heavy atom. The Bertz CT molecular complexity index is 826. The van der Waals surface area contributed by atoms with Crippen molar-refractivity contribution in [2.24, 2.45) is 0 Å². The third-order valence-corrected chi connectivity index (χ3v) is 4.44. The Labute approximate surface area is 147 Å². The second-order valence-electron chi connectivity index (χ2n) is 6.05. The van der Waals surface area contributed by atoms with Crippen LogP contribution in [0.25, 0.3) is 0 Å². The van der Waals surface area contributed by atoms with Gasteiger partial charge in [0.15, 0.2) is 18.1 Å². The highest BCUT2D eigenvalue weighted by Crippen LogP contribution is 2.31. The predicted molar refractivity (Wildman–Crippen MR) is 94.9 cm³/mol. The molecule has 0 aromatic heterocycles. The SMILES string of the molecule is COc1cc(C#N)ccc1OCC(=O)N1c2ccccc2CC[C@H]1C. The number of carbonyl (C=O) groups excluding carboxylic acids is 1. The smallest absolute Gasteiger partial charge is 0.265 e. The highest BCUT2D eigenvalue weighted by molar-refractivity contribution is 5.96. The van der Waals surface area contributed by atoms with E-state index in [1.807, 2.05) is 23.1 Å². The number of hydrogen-bond acceptors (Lipinski definition) is 4. The zero-order valence-electron chi connectivity index (χ0n) is 14.4. The van der Waals surface area contributed by atoms with E-state index in [0.29, 0.717) is 17.1 Å². The van der Waals surface area contributed by atoms with Crippen LogP contribution >= 0.6 is 0 Å². The summed E-state index contributed by atoms with van der Waals surface area (Å²) >= 11 is 0. The Kier molecular flexibility index (Phi) is 4.90. The normalized spacial score (nSPS) is 15.9. The molecule has 0 saturated carbocycles. The molecule has 0 radical (unpaired) electrons. The van der Waals surface area contributed by atoms with Gasteiger partial charge in [0.1, 0.15) is 0 Å².